The summed E-state index contributed by atoms with van der Waals surface area (Å²) in [5, 5.41) is 9.16. The number of ether oxygens (including phenoxy) is 3. The van der Waals surface area contributed by atoms with Gasteiger partial charge in [0.15, 0.2) is 0 Å². The molecule has 1 saturated heterocycles. The number of likely N-dealkylation sites (tertiary alicyclic amines) is 1. The van der Waals surface area contributed by atoms with Gasteiger partial charge in [-0.1, -0.05) is 50.2 Å². The smallest absolute Gasteiger partial charge is 0.246 e. The van der Waals surface area contributed by atoms with Crippen molar-refractivity contribution in [1.29, 1.82) is 0 Å². The summed E-state index contributed by atoms with van der Waals surface area (Å²) < 4.78 is 16.8. The predicted molar refractivity (Wildman–Crippen MR) is 167 cm³/mol. The quantitative estimate of drug-likeness (QED) is 0.124. The van der Waals surface area contributed by atoms with Crippen molar-refractivity contribution in [2.24, 2.45) is 10.5 Å². The Morgan fingerprint density at radius 1 is 1.14 bits per heavy atom. The van der Waals surface area contributed by atoms with Crippen LogP contribution >= 0.6 is 11.3 Å². The molecule has 1 fully saturated rings. The monoisotopic (exact) mass is 629 g/mol. The summed E-state index contributed by atoms with van der Waals surface area (Å²) in [6.45, 7) is 11.4. The first-order valence-electron chi connectivity index (χ1n) is 14.6. The molecule has 1 aliphatic rings. The van der Waals surface area contributed by atoms with Crippen molar-refractivity contribution in [1.82, 2.24) is 20.5 Å². The third kappa shape index (κ3) is 10.6. The number of benzene rings is 1. The summed E-state index contributed by atoms with van der Waals surface area (Å²) in [7, 11) is 0. The Labute approximate surface area is 262 Å². The minimum atomic E-state index is -0.807. The molecule has 44 heavy (non-hydrogen) atoms. The van der Waals surface area contributed by atoms with Gasteiger partial charge in [-0.15, -0.1) is 11.3 Å². The van der Waals surface area contributed by atoms with Crippen LogP contribution in [0.3, 0.4) is 0 Å². The van der Waals surface area contributed by atoms with Crippen LogP contribution in [0.4, 0.5) is 0 Å². The second kappa shape index (κ2) is 17.1. The molecule has 3 atom stereocenters. The van der Waals surface area contributed by atoms with Gasteiger partial charge in [-0.25, -0.2) is 4.98 Å². The highest BCUT2D eigenvalue weighted by Gasteiger charge is 2.45. The maximum atomic E-state index is 13.8. The maximum Gasteiger partial charge on any atom is 0.246 e. The van der Waals surface area contributed by atoms with E-state index in [2.05, 4.69) is 25.6 Å². The molecular formula is C30H43N7O6S. The van der Waals surface area contributed by atoms with E-state index in [1.807, 2.05) is 57.5 Å². The lowest BCUT2D eigenvalue weighted by atomic mass is 9.85. The molecule has 0 bridgehead atoms. The lowest BCUT2D eigenvalue weighted by Crippen LogP contribution is -2.57. The standard InChI is InChI=1S/C30H43N7O6S/c1-20-26(44-19-33-20)23-8-6-22(7-9-23)17-32-28(39)25-16-24(43-15-14-42-13-12-41-11-10-34-36-31)18-37(25)29(40)27(30(3,4)5)35-21(2)38/h6-9,19,24-25,27H,10-18H2,1-5H3,(H,32,39)(H,35,38). The molecular weight excluding hydrogens is 586 g/mol. The van der Waals surface area contributed by atoms with Gasteiger partial charge in [0.1, 0.15) is 12.1 Å². The Morgan fingerprint density at radius 3 is 2.43 bits per heavy atom. The van der Waals surface area contributed by atoms with Crippen molar-refractivity contribution >= 4 is 29.1 Å². The van der Waals surface area contributed by atoms with Crippen molar-refractivity contribution in [3.05, 3.63) is 51.5 Å². The number of nitrogens with one attached hydrogen (secondary N) is 2. The Kier molecular flexibility index (Phi) is 13.6. The second-order valence-electron chi connectivity index (χ2n) is 11.6. The molecule has 3 rings (SSSR count). The molecule has 1 aromatic heterocycles. The molecule has 3 amide bonds. The van der Waals surface area contributed by atoms with Crippen LogP contribution in [0.2, 0.25) is 0 Å². The van der Waals surface area contributed by atoms with Crippen molar-refractivity contribution in [3.8, 4) is 10.4 Å². The molecule has 13 nitrogen and oxygen atoms in total. The number of aryl methyl sites for hydroxylation is 1. The first-order valence-corrected chi connectivity index (χ1v) is 15.5. The Bertz CT molecular complexity index is 1290. The predicted octanol–water partition coefficient (Wildman–Crippen LogP) is 3.62. The summed E-state index contributed by atoms with van der Waals surface area (Å²) in [5.41, 5.74) is 12.5. The second-order valence-corrected chi connectivity index (χ2v) is 12.5. The van der Waals surface area contributed by atoms with Gasteiger partial charge in [0, 0.05) is 37.9 Å². The van der Waals surface area contributed by atoms with E-state index in [9.17, 15) is 14.4 Å². The fourth-order valence-electron chi connectivity index (χ4n) is 4.83. The average molecular weight is 630 g/mol. The highest BCUT2D eigenvalue weighted by Crippen LogP contribution is 2.29. The van der Waals surface area contributed by atoms with Crippen molar-refractivity contribution in [2.45, 2.75) is 65.8 Å². The zero-order valence-electron chi connectivity index (χ0n) is 26.1. The van der Waals surface area contributed by atoms with Gasteiger partial charge in [0.25, 0.3) is 0 Å². The number of hydrogen-bond acceptors (Lipinski definition) is 9. The van der Waals surface area contributed by atoms with Crippen LogP contribution in [0.1, 0.15) is 45.4 Å². The van der Waals surface area contributed by atoms with E-state index in [4.69, 9.17) is 19.7 Å². The zero-order chi connectivity index (χ0) is 32.1. The number of thiazole rings is 1. The van der Waals surface area contributed by atoms with Gasteiger partial charge in [-0.3, -0.25) is 14.4 Å². The zero-order valence-corrected chi connectivity index (χ0v) is 26.9. The van der Waals surface area contributed by atoms with Crippen LogP contribution in [0.25, 0.3) is 20.9 Å². The van der Waals surface area contributed by atoms with Gasteiger partial charge in [-0.2, -0.15) is 0 Å². The van der Waals surface area contributed by atoms with E-state index >= 15 is 0 Å². The fourth-order valence-corrected chi connectivity index (χ4v) is 5.65. The van der Waals surface area contributed by atoms with E-state index < -0.39 is 17.5 Å². The van der Waals surface area contributed by atoms with Crippen LogP contribution in [0, 0.1) is 12.3 Å². The number of aromatic nitrogens is 1. The van der Waals surface area contributed by atoms with Gasteiger partial charge in [-0.05, 0) is 29.0 Å². The molecule has 2 N–H and O–H groups in total. The van der Waals surface area contributed by atoms with Crippen LogP contribution in [0.15, 0.2) is 34.9 Å². The van der Waals surface area contributed by atoms with Crippen LogP contribution in [-0.4, -0.2) is 91.9 Å². The number of rotatable bonds is 16. The Hall–Kier alpha value is -3.55. The molecule has 0 spiro atoms. The molecule has 14 heteroatoms. The molecule has 2 heterocycles. The molecule has 1 aromatic carbocycles. The lowest BCUT2D eigenvalue weighted by molar-refractivity contribution is -0.143. The van der Waals surface area contributed by atoms with Gasteiger partial charge in [0.05, 0.1) is 55.2 Å². The van der Waals surface area contributed by atoms with Gasteiger partial charge in [0.2, 0.25) is 17.7 Å². The van der Waals surface area contributed by atoms with Crippen LogP contribution in [-0.2, 0) is 35.1 Å². The Morgan fingerprint density at radius 2 is 1.82 bits per heavy atom. The van der Waals surface area contributed by atoms with Crippen LogP contribution in [0.5, 0.6) is 0 Å². The third-order valence-electron chi connectivity index (χ3n) is 7.09. The minimum Gasteiger partial charge on any atom is -0.379 e. The van der Waals surface area contributed by atoms with Gasteiger partial charge >= 0.3 is 0 Å². The molecule has 2 aromatic rings. The first kappa shape index (κ1) is 34.9. The van der Waals surface area contributed by atoms with Crippen molar-refractivity contribution in [3.63, 3.8) is 0 Å². The number of hydrogen-bond donors (Lipinski definition) is 2. The molecule has 0 radical (unpaired) electrons. The molecule has 1 aliphatic heterocycles. The Balaban J connectivity index is 1.60. The van der Waals surface area contributed by atoms with E-state index in [0.29, 0.717) is 39.4 Å². The normalized spacial score (nSPS) is 17.2. The summed E-state index contributed by atoms with van der Waals surface area (Å²) in [5.74, 6) is -0.920. The van der Waals surface area contributed by atoms with E-state index in [1.54, 1.807) is 11.3 Å². The van der Waals surface area contributed by atoms with Crippen molar-refractivity contribution in [2.75, 3.05) is 46.1 Å². The number of carbonyl (C=O) groups is 3. The SMILES string of the molecule is CC(=O)NC(C(=O)N1CC(OCCOCCOCCN=[N+]=[N-])CC1C(=O)NCc1ccc(-c2scnc2C)cc1)C(C)(C)C. The fraction of sp³-hybridized carbons (Fsp3) is 0.600. The molecule has 240 valence electrons. The number of carbonyl (C=O) groups excluding carboxylic acids is 3. The average Bonchev–Trinajstić information content (AvgIpc) is 3.61. The number of nitrogens with zero attached hydrogens (tertiary/aromatic N) is 5. The third-order valence-corrected chi connectivity index (χ3v) is 8.07. The lowest BCUT2D eigenvalue weighted by Gasteiger charge is -2.35. The maximum absolute atomic E-state index is 13.8. The molecule has 3 unspecified atom stereocenters. The number of amides is 3. The van der Waals surface area contributed by atoms with Crippen LogP contribution < -0.4 is 10.6 Å². The summed E-state index contributed by atoms with van der Waals surface area (Å²) in [4.78, 5) is 48.9. The molecule has 0 saturated carbocycles. The van der Waals surface area contributed by atoms with E-state index in [1.165, 1.54) is 11.8 Å². The summed E-state index contributed by atoms with van der Waals surface area (Å²) in [6.07, 6.45) is -0.0565. The summed E-state index contributed by atoms with van der Waals surface area (Å²) in [6, 6.07) is 6.40. The van der Waals surface area contributed by atoms with Gasteiger partial charge < -0.3 is 29.7 Å². The number of azide groups is 1. The minimum absolute atomic E-state index is 0.217. The first-order chi connectivity index (χ1) is 21.0. The highest BCUT2D eigenvalue weighted by atomic mass is 32.1. The van der Waals surface area contributed by atoms with Crippen molar-refractivity contribution < 1.29 is 28.6 Å². The topological polar surface area (TPSA) is 168 Å². The largest absolute Gasteiger partial charge is 0.379 e. The highest BCUT2D eigenvalue weighted by molar-refractivity contribution is 7.13. The van der Waals surface area contributed by atoms with E-state index in [-0.39, 0.29) is 43.5 Å². The summed E-state index contributed by atoms with van der Waals surface area (Å²) >= 11 is 1.58. The van der Waals surface area contributed by atoms with E-state index in [0.717, 1.165) is 21.7 Å². The molecule has 0 aliphatic carbocycles.